The molecular weight excluding hydrogens is 269 g/mol. The van der Waals surface area contributed by atoms with Gasteiger partial charge >= 0.3 is 0 Å². The van der Waals surface area contributed by atoms with E-state index in [0.29, 0.717) is 31.6 Å². The van der Waals surface area contributed by atoms with Gasteiger partial charge in [0, 0.05) is 36.9 Å². The summed E-state index contributed by atoms with van der Waals surface area (Å²) < 4.78 is 14.2. The third-order valence-corrected chi connectivity index (χ3v) is 3.81. The molecule has 2 rings (SSSR count). The molecule has 1 aliphatic rings. The third kappa shape index (κ3) is 3.53. The topological polar surface area (TPSA) is 44.4 Å². The van der Waals surface area contributed by atoms with Gasteiger partial charge in [0.15, 0.2) is 0 Å². The van der Waals surface area contributed by atoms with Gasteiger partial charge in [0.2, 0.25) is 5.91 Å². The predicted molar refractivity (Wildman–Crippen MR) is 82.8 cm³/mol. The Morgan fingerprint density at radius 2 is 2.24 bits per heavy atom. The van der Waals surface area contributed by atoms with Crippen molar-refractivity contribution in [3.8, 4) is 0 Å². The quantitative estimate of drug-likeness (QED) is 0.873. The van der Waals surface area contributed by atoms with Crippen LogP contribution < -0.4 is 15.5 Å². The Labute approximate surface area is 125 Å². The van der Waals surface area contributed by atoms with Gasteiger partial charge in [-0.05, 0) is 18.6 Å². The van der Waals surface area contributed by atoms with Gasteiger partial charge in [-0.3, -0.25) is 4.79 Å². The van der Waals surface area contributed by atoms with Crippen molar-refractivity contribution in [2.45, 2.75) is 45.8 Å². The molecule has 5 heteroatoms. The summed E-state index contributed by atoms with van der Waals surface area (Å²) in [4.78, 5) is 14.0. The SMILES string of the molecule is CCC1C(=O)NCCN1c1cccc(F)c1CNC(C)C. The maximum atomic E-state index is 14.2. The minimum absolute atomic E-state index is 0.0239. The number of hydrogen-bond donors (Lipinski definition) is 2. The first-order chi connectivity index (χ1) is 10.0. The molecule has 116 valence electrons. The molecular formula is C16H24FN3O. The van der Waals surface area contributed by atoms with Crippen molar-refractivity contribution in [1.29, 1.82) is 0 Å². The normalized spacial score (nSPS) is 19.0. The van der Waals surface area contributed by atoms with Crippen LogP contribution in [0.4, 0.5) is 10.1 Å². The molecule has 0 aromatic heterocycles. The summed E-state index contributed by atoms with van der Waals surface area (Å²) in [5.74, 6) is -0.197. The minimum atomic E-state index is -0.224. The van der Waals surface area contributed by atoms with Gasteiger partial charge in [-0.25, -0.2) is 4.39 Å². The van der Waals surface area contributed by atoms with Crippen LogP contribution in [0.15, 0.2) is 18.2 Å². The van der Waals surface area contributed by atoms with Crippen molar-refractivity contribution in [1.82, 2.24) is 10.6 Å². The minimum Gasteiger partial charge on any atom is -0.357 e. The van der Waals surface area contributed by atoms with Crippen LogP contribution >= 0.6 is 0 Å². The zero-order valence-electron chi connectivity index (χ0n) is 12.9. The molecule has 0 saturated carbocycles. The molecule has 1 heterocycles. The van der Waals surface area contributed by atoms with Crippen LogP contribution in [0.3, 0.4) is 0 Å². The van der Waals surface area contributed by atoms with Crippen LogP contribution in [-0.4, -0.2) is 31.1 Å². The molecule has 4 nitrogen and oxygen atoms in total. The smallest absolute Gasteiger partial charge is 0.242 e. The highest BCUT2D eigenvalue weighted by atomic mass is 19.1. The van der Waals surface area contributed by atoms with Gasteiger partial charge < -0.3 is 15.5 Å². The standard InChI is InChI=1S/C16H24FN3O/c1-4-14-16(21)18-8-9-20(14)15-7-5-6-13(17)12(15)10-19-11(2)3/h5-7,11,14,19H,4,8-10H2,1-3H3,(H,18,21). The van der Waals surface area contributed by atoms with Crippen molar-refractivity contribution < 1.29 is 9.18 Å². The second kappa shape index (κ2) is 6.89. The Hall–Kier alpha value is -1.62. The largest absolute Gasteiger partial charge is 0.357 e. The summed E-state index contributed by atoms with van der Waals surface area (Å²) in [5, 5.41) is 6.14. The van der Waals surface area contributed by atoms with E-state index in [0.717, 1.165) is 5.69 Å². The molecule has 1 aliphatic heterocycles. The summed E-state index contributed by atoms with van der Waals surface area (Å²) in [5.41, 5.74) is 1.46. The van der Waals surface area contributed by atoms with Crippen molar-refractivity contribution in [3.63, 3.8) is 0 Å². The number of nitrogens with zero attached hydrogens (tertiary/aromatic N) is 1. The summed E-state index contributed by atoms with van der Waals surface area (Å²) in [7, 11) is 0. The molecule has 0 spiro atoms. The first kappa shape index (κ1) is 15.8. The van der Waals surface area contributed by atoms with Crippen LogP contribution in [0.5, 0.6) is 0 Å². The molecule has 21 heavy (non-hydrogen) atoms. The van der Waals surface area contributed by atoms with E-state index in [-0.39, 0.29) is 23.8 Å². The number of amides is 1. The Morgan fingerprint density at radius 1 is 1.48 bits per heavy atom. The molecule has 0 bridgehead atoms. The molecule has 0 radical (unpaired) electrons. The number of carbonyl (C=O) groups excluding carboxylic acids is 1. The number of nitrogens with one attached hydrogen (secondary N) is 2. The highest BCUT2D eigenvalue weighted by molar-refractivity contribution is 5.86. The molecule has 1 amide bonds. The Bertz CT molecular complexity index is 504. The summed E-state index contributed by atoms with van der Waals surface area (Å²) >= 11 is 0. The first-order valence-corrected chi connectivity index (χ1v) is 7.59. The van der Waals surface area contributed by atoms with Crippen LogP contribution in [0.25, 0.3) is 0 Å². The monoisotopic (exact) mass is 293 g/mol. The number of rotatable bonds is 5. The molecule has 1 unspecified atom stereocenters. The van der Waals surface area contributed by atoms with Gasteiger partial charge in [0.05, 0.1) is 0 Å². The van der Waals surface area contributed by atoms with Gasteiger partial charge in [-0.15, -0.1) is 0 Å². The average Bonchev–Trinajstić information content (AvgIpc) is 2.45. The lowest BCUT2D eigenvalue weighted by Crippen LogP contribution is -2.55. The third-order valence-electron chi connectivity index (χ3n) is 3.81. The fourth-order valence-corrected chi connectivity index (χ4v) is 2.71. The lowest BCUT2D eigenvalue weighted by Gasteiger charge is -2.37. The highest BCUT2D eigenvalue weighted by Crippen LogP contribution is 2.27. The summed E-state index contributed by atoms with van der Waals surface area (Å²) in [6.45, 7) is 7.82. The van der Waals surface area contributed by atoms with Crippen LogP contribution in [0, 0.1) is 5.82 Å². The van der Waals surface area contributed by atoms with E-state index in [4.69, 9.17) is 0 Å². The van der Waals surface area contributed by atoms with Gasteiger partial charge in [0.25, 0.3) is 0 Å². The predicted octanol–water partition coefficient (Wildman–Crippen LogP) is 2.04. The molecule has 0 aliphatic carbocycles. The number of hydrogen-bond acceptors (Lipinski definition) is 3. The Kier molecular flexibility index (Phi) is 5.17. The second-order valence-corrected chi connectivity index (χ2v) is 5.68. The summed E-state index contributed by atoms with van der Waals surface area (Å²) in [6, 6.07) is 5.15. The fourth-order valence-electron chi connectivity index (χ4n) is 2.71. The first-order valence-electron chi connectivity index (χ1n) is 7.59. The zero-order chi connectivity index (χ0) is 15.4. The molecule has 1 saturated heterocycles. The summed E-state index contributed by atoms with van der Waals surface area (Å²) in [6.07, 6.45) is 0.708. The fraction of sp³-hybridized carbons (Fsp3) is 0.562. The van der Waals surface area contributed by atoms with E-state index in [1.807, 2.05) is 31.7 Å². The molecule has 1 aromatic carbocycles. The van der Waals surface area contributed by atoms with Crippen molar-refractivity contribution in [2.75, 3.05) is 18.0 Å². The lowest BCUT2D eigenvalue weighted by molar-refractivity contribution is -0.123. The van der Waals surface area contributed by atoms with E-state index in [1.165, 1.54) is 6.07 Å². The van der Waals surface area contributed by atoms with E-state index < -0.39 is 0 Å². The maximum Gasteiger partial charge on any atom is 0.242 e. The van der Waals surface area contributed by atoms with Crippen LogP contribution in [0.2, 0.25) is 0 Å². The number of anilines is 1. The van der Waals surface area contributed by atoms with Crippen LogP contribution in [0.1, 0.15) is 32.8 Å². The van der Waals surface area contributed by atoms with Crippen molar-refractivity contribution >= 4 is 11.6 Å². The van der Waals surface area contributed by atoms with Gasteiger partial charge in [-0.2, -0.15) is 0 Å². The lowest BCUT2D eigenvalue weighted by atomic mass is 10.0. The molecule has 1 aromatic rings. The average molecular weight is 293 g/mol. The van der Waals surface area contributed by atoms with Crippen LogP contribution in [-0.2, 0) is 11.3 Å². The van der Waals surface area contributed by atoms with Crippen molar-refractivity contribution in [2.24, 2.45) is 0 Å². The Morgan fingerprint density at radius 3 is 2.90 bits per heavy atom. The molecule has 1 fully saturated rings. The van der Waals surface area contributed by atoms with E-state index in [2.05, 4.69) is 10.6 Å². The van der Waals surface area contributed by atoms with E-state index in [1.54, 1.807) is 6.07 Å². The number of piperazine rings is 1. The zero-order valence-corrected chi connectivity index (χ0v) is 12.9. The molecule has 1 atom stereocenters. The number of benzene rings is 1. The molecule has 2 N–H and O–H groups in total. The Balaban J connectivity index is 2.33. The highest BCUT2D eigenvalue weighted by Gasteiger charge is 2.30. The van der Waals surface area contributed by atoms with E-state index in [9.17, 15) is 9.18 Å². The van der Waals surface area contributed by atoms with Crippen molar-refractivity contribution in [3.05, 3.63) is 29.6 Å². The van der Waals surface area contributed by atoms with E-state index >= 15 is 0 Å². The maximum absolute atomic E-state index is 14.2. The van der Waals surface area contributed by atoms with Gasteiger partial charge in [-0.1, -0.05) is 26.8 Å². The second-order valence-electron chi connectivity index (χ2n) is 5.68. The number of halogens is 1. The number of carbonyl (C=O) groups is 1. The van der Waals surface area contributed by atoms with Gasteiger partial charge in [0.1, 0.15) is 11.9 Å².